The summed E-state index contributed by atoms with van der Waals surface area (Å²) in [7, 11) is 0. The van der Waals surface area contributed by atoms with Gasteiger partial charge in [-0.05, 0) is 42.2 Å². The fourth-order valence-electron chi connectivity index (χ4n) is 2.27. The molecule has 0 spiro atoms. The minimum absolute atomic E-state index is 0.0119. The highest BCUT2D eigenvalue weighted by Crippen LogP contribution is 2.15. The van der Waals surface area contributed by atoms with Gasteiger partial charge in [-0.2, -0.15) is 0 Å². The molecule has 0 aliphatic heterocycles. The van der Waals surface area contributed by atoms with E-state index in [1.54, 1.807) is 0 Å². The molecule has 114 valence electrons. The van der Waals surface area contributed by atoms with Crippen molar-refractivity contribution in [2.45, 2.75) is 53.0 Å². The Labute approximate surface area is 124 Å². The highest BCUT2D eigenvalue weighted by atomic mass is 16.5. The van der Waals surface area contributed by atoms with Gasteiger partial charge in [0.2, 0.25) is 0 Å². The minimum Gasteiger partial charge on any atom is -0.379 e. The quantitative estimate of drug-likeness (QED) is 0.682. The van der Waals surface area contributed by atoms with Crippen molar-refractivity contribution in [3.8, 4) is 0 Å². The van der Waals surface area contributed by atoms with Crippen molar-refractivity contribution in [3.63, 3.8) is 0 Å². The Hall–Kier alpha value is -0.860. The second kappa shape index (κ2) is 9.15. The largest absolute Gasteiger partial charge is 0.379 e. The Kier molecular flexibility index (Phi) is 7.86. The molecule has 1 rings (SSSR count). The van der Waals surface area contributed by atoms with E-state index in [1.165, 1.54) is 17.5 Å². The van der Waals surface area contributed by atoms with Crippen LogP contribution in [0.5, 0.6) is 0 Å². The van der Waals surface area contributed by atoms with Crippen LogP contribution in [0.3, 0.4) is 0 Å². The van der Waals surface area contributed by atoms with Gasteiger partial charge in [0.05, 0.1) is 12.6 Å². The topological polar surface area (TPSA) is 35.2 Å². The third kappa shape index (κ3) is 7.06. The molecule has 1 unspecified atom stereocenters. The first-order valence-corrected chi connectivity index (χ1v) is 7.91. The van der Waals surface area contributed by atoms with E-state index in [2.05, 4.69) is 52.0 Å². The lowest BCUT2D eigenvalue weighted by Gasteiger charge is -2.14. The Bertz CT molecular complexity index is 356. The van der Waals surface area contributed by atoms with E-state index in [1.807, 2.05) is 0 Å². The highest BCUT2D eigenvalue weighted by molar-refractivity contribution is 5.25. The highest BCUT2D eigenvalue weighted by Gasteiger charge is 2.06. The summed E-state index contributed by atoms with van der Waals surface area (Å²) in [6, 6.07) is 8.64. The first-order chi connectivity index (χ1) is 9.49. The van der Waals surface area contributed by atoms with Gasteiger partial charge in [-0.25, -0.2) is 0 Å². The van der Waals surface area contributed by atoms with Crippen LogP contribution in [0.4, 0.5) is 0 Å². The van der Waals surface area contributed by atoms with Gasteiger partial charge in [-0.3, -0.25) is 0 Å². The van der Waals surface area contributed by atoms with Gasteiger partial charge in [0.15, 0.2) is 0 Å². The lowest BCUT2D eigenvalue weighted by Crippen LogP contribution is -2.17. The summed E-state index contributed by atoms with van der Waals surface area (Å²) >= 11 is 0. The molecule has 20 heavy (non-hydrogen) atoms. The van der Waals surface area contributed by atoms with E-state index in [9.17, 15) is 0 Å². The number of ether oxygens (including phenoxy) is 1. The van der Waals surface area contributed by atoms with Crippen molar-refractivity contribution in [1.82, 2.24) is 0 Å². The summed E-state index contributed by atoms with van der Waals surface area (Å²) in [6.45, 7) is 10.4. The summed E-state index contributed by atoms with van der Waals surface area (Å²) in [5.41, 5.74) is 8.71. The summed E-state index contributed by atoms with van der Waals surface area (Å²) in [6.07, 6.45) is 3.47. The molecule has 0 amide bonds. The van der Waals surface area contributed by atoms with Crippen LogP contribution in [0, 0.1) is 11.8 Å². The molecule has 0 aliphatic carbocycles. The monoisotopic (exact) mass is 277 g/mol. The van der Waals surface area contributed by atoms with E-state index in [0.29, 0.717) is 12.5 Å². The molecule has 2 N–H and O–H groups in total. The normalized spacial score (nSPS) is 13.2. The van der Waals surface area contributed by atoms with Gasteiger partial charge in [0.1, 0.15) is 0 Å². The zero-order valence-corrected chi connectivity index (χ0v) is 13.6. The molecular weight excluding hydrogens is 246 g/mol. The maximum absolute atomic E-state index is 6.16. The van der Waals surface area contributed by atoms with Crippen LogP contribution in [0.1, 0.15) is 57.7 Å². The second-order valence-corrected chi connectivity index (χ2v) is 6.56. The van der Waals surface area contributed by atoms with Crippen molar-refractivity contribution in [3.05, 3.63) is 35.4 Å². The van der Waals surface area contributed by atoms with E-state index in [0.717, 1.165) is 25.4 Å². The molecule has 0 aliphatic rings. The average Bonchev–Trinajstić information content (AvgIpc) is 2.38. The molecular formula is C18H31NO. The third-order valence-electron chi connectivity index (χ3n) is 3.42. The third-order valence-corrected chi connectivity index (χ3v) is 3.42. The fourth-order valence-corrected chi connectivity index (χ4v) is 2.27. The van der Waals surface area contributed by atoms with Crippen LogP contribution in [-0.4, -0.2) is 13.2 Å². The van der Waals surface area contributed by atoms with Crippen LogP contribution >= 0.6 is 0 Å². The maximum atomic E-state index is 6.16. The summed E-state index contributed by atoms with van der Waals surface area (Å²) < 4.78 is 5.67. The van der Waals surface area contributed by atoms with Gasteiger partial charge in [-0.1, -0.05) is 52.0 Å². The predicted octanol–water partition coefficient (Wildman–Crippen LogP) is 4.34. The predicted molar refractivity (Wildman–Crippen MR) is 86.8 cm³/mol. The molecule has 1 aromatic carbocycles. The molecule has 0 bridgehead atoms. The second-order valence-electron chi connectivity index (χ2n) is 6.56. The average molecular weight is 277 g/mol. The standard InChI is InChI=1S/C18H31NO/c1-14(2)6-5-11-20-13-18(19)17-9-7-16(8-10-17)12-15(3)4/h7-10,14-15,18H,5-6,11-13,19H2,1-4H3. The summed E-state index contributed by atoms with van der Waals surface area (Å²) in [5, 5.41) is 0. The first kappa shape index (κ1) is 17.2. The number of hydrogen-bond donors (Lipinski definition) is 1. The van der Waals surface area contributed by atoms with Crippen LogP contribution in [0.25, 0.3) is 0 Å². The Morgan fingerprint density at radius 3 is 2.20 bits per heavy atom. The molecule has 0 radical (unpaired) electrons. The van der Waals surface area contributed by atoms with E-state index in [-0.39, 0.29) is 6.04 Å². The molecule has 1 aromatic rings. The maximum Gasteiger partial charge on any atom is 0.0659 e. The Morgan fingerprint density at radius 2 is 1.65 bits per heavy atom. The van der Waals surface area contributed by atoms with E-state index in [4.69, 9.17) is 10.5 Å². The molecule has 1 atom stereocenters. The molecule has 0 heterocycles. The molecule has 0 aromatic heterocycles. The number of benzene rings is 1. The van der Waals surface area contributed by atoms with Crippen molar-refractivity contribution < 1.29 is 4.74 Å². The molecule has 0 saturated carbocycles. The summed E-state index contributed by atoms with van der Waals surface area (Å²) in [4.78, 5) is 0. The fraction of sp³-hybridized carbons (Fsp3) is 0.667. The first-order valence-electron chi connectivity index (χ1n) is 7.91. The number of rotatable bonds is 9. The summed E-state index contributed by atoms with van der Waals surface area (Å²) in [5.74, 6) is 1.44. The van der Waals surface area contributed by atoms with Gasteiger partial charge in [-0.15, -0.1) is 0 Å². The van der Waals surface area contributed by atoms with Gasteiger partial charge in [0, 0.05) is 6.61 Å². The van der Waals surface area contributed by atoms with E-state index >= 15 is 0 Å². The van der Waals surface area contributed by atoms with E-state index < -0.39 is 0 Å². The van der Waals surface area contributed by atoms with Gasteiger partial charge < -0.3 is 10.5 Å². The Morgan fingerprint density at radius 1 is 1.00 bits per heavy atom. The lowest BCUT2D eigenvalue weighted by molar-refractivity contribution is 0.115. The van der Waals surface area contributed by atoms with Crippen LogP contribution in [0.2, 0.25) is 0 Å². The van der Waals surface area contributed by atoms with Crippen LogP contribution in [0.15, 0.2) is 24.3 Å². The van der Waals surface area contributed by atoms with Gasteiger partial charge >= 0.3 is 0 Å². The van der Waals surface area contributed by atoms with Crippen molar-refractivity contribution in [2.75, 3.05) is 13.2 Å². The van der Waals surface area contributed by atoms with Gasteiger partial charge in [0.25, 0.3) is 0 Å². The lowest BCUT2D eigenvalue weighted by atomic mass is 10.00. The van der Waals surface area contributed by atoms with Crippen LogP contribution < -0.4 is 5.73 Å². The van der Waals surface area contributed by atoms with Crippen molar-refractivity contribution in [1.29, 1.82) is 0 Å². The van der Waals surface area contributed by atoms with Crippen molar-refractivity contribution in [2.24, 2.45) is 17.6 Å². The zero-order chi connectivity index (χ0) is 15.0. The zero-order valence-electron chi connectivity index (χ0n) is 13.6. The molecule has 2 heteroatoms. The number of nitrogens with two attached hydrogens (primary N) is 1. The molecule has 0 saturated heterocycles. The molecule has 0 fully saturated rings. The SMILES string of the molecule is CC(C)CCCOCC(N)c1ccc(CC(C)C)cc1. The minimum atomic E-state index is -0.0119. The smallest absolute Gasteiger partial charge is 0.0659 e. The van der Waals surface area contributed by atoms with Crippen molar-refractivity contribution >= 4 is 0 Å². The Balaban J connectivity index is 2.30. The molecule has 2 nitrogen and oxygen atoms in total. The number of hydrogen-bond acceptors (Lipinski definition) is 2. The van der Waals surface area contributed by atoms with Crippen LogP contribution in [-0.2, 0) is 11.2 Å².